The summed E-state index contributed by atoms with van der Waals surface area (Å²) in [5, 5.41) is 2.39. The van der Waals surface area contributed by atoms with Crippen molar-refractivity contribution in [3.05, 3.63) is 35.9 Å². The van der Waals surface area contributed by atoms with Crippen LogP contribution in [-0.2, 0) is 25.1 Å². The first-order chi connectivity index (χ1) is 9.40. The second-order valence-corrected chi connectivity index (χ2v) is 6.89. The van der Waals surface area contributed by atoms with Crippen LogP contribution in [0.15, 0.2) is 30.3 Å². The van der Waals surface area contributed by atoms with E-state index >= 15 is 0 Å². The Bertz CT molecular complexity index is 520. The van der Waals surface area contributed by atoms with Gasteiger partial charge in [0.05, 0.1) is 18.4 Å². The van der Waals surface area contributed by atoms with Crippen LogP contribution in [0.5, 0.6) is 0 Å². The maximum absolute atomic E-state index is 11.6. The Hall–Kier alpha value is -1.31. The highest BCUT2D eigenvalue weighted by molar-refractivity contribution is 8.13. The molecule has 1 N–H and O–H groups in total. The van der Waals surface area contributed by atoms with E-state index in [0.717, 1.165) is 5.56 Å². The molecular formula is C12H16ClNO5S. The van der Waals surface area contributed by atoms with Crippen molar-refractivity contribution >= 4 is 25.8 Å². The van der Waals surface area contributed by atoms with E-state index in [9.17, 15) is 13.2 Å². The smallest absolute Gasteiger partial charge is 0.407 e. The second kappa shape index (κ2) is 8.08. The zero-order chi connectivity index (χ0) is 15.0. The van der Waals surface area contributed by atoms with Gasteiger partial charge in [-0.3, -0.25) is 0 Å². The predicted molar refractivity (Wildman–Crippen MR) is 75.1 cm³/mol. The van der Waals surface area contributed by atoms with Gasteiger partial charge in [-0.25, -0.2) is 13.2 Å². The number of carbonyl (C=O) groups excluding carboxylic acids is 1. The van der Waals surface area contributed by atoms with Gasteiger partial charge in [0.15, 0.2) is 0 Å². The Morgan fingerprint density at radius 2 is 2.00 bits per heavy atom. The molecule has 0 heterocycles. The molecule has 0 aliphatic carbocycles. The highest BCUT2D eigenvalue weighted by atomic mass is 35.7. The van der Waals surface area contributed by atoms with Gasteiger partial charge in [-0.2, -0.15) is 0 Å². The van der Waals surface area contributed by atoms with Crippen molar-refractivity contribution in [1.29, 1.82) is 0 Å². The van der Waals surface area contributed by atoms with Crippen LogP contribution in [0.3, 0.4) is 0 Å². The lowest BCUT2D eigenvalue weighted by Gasteiger charge is -2.16. The van der Waals surface area contributed by atoms with Crippen LogP contribution in [-0.4, -0.2) is 40.0 Å². The van der Waals surface area contributed by atoms with Gasteiger partial charge in [0.2, 0.25) is 9.05 Å². The third-order valence-electron chi connectivity index (χ3n) is 2.30. The van der Waals surface area contributed by atoms with Crippen LogP contribution in [0.2, 0.25) is 0 Å². The first kappa shape index (κ1) is 16.7. The van der Waals surface area contributed by atoms with Crippen LogP contribution in [0.4, 0.5) is 4.79 Å². The molecule has 8 heteroatoms. The van der Waals surface area contributed by atoms with E-state index < -0.39 is 26.9 Å². The molecular weight excluding hydrogens is 306 g/mol. The number of carbonyl (C=O) groups is 1. The number of hydrogen-bond donors (Lipinski definition) is 1. The molecule has 0 radical (unpaired) electrons. The van der Waals surface area contributed by atoms with Crippen molar-refractivity contribution in [1.82, 2.24) is 5.32 Å². The van der Waals surface area contributed by atoms with Gasteiger partial charge in [0, 0.05) is 17.8 Å². The maximum Gasteiger partial charge on any atom is 0.407 e. The van der Waals surface area contributed by atoms with Crippen LogP contribution < -0.4 is 5.32 Å². The number of alkyl carbamates (subject to hydrolysis) is 1. The number of halogens is 1. The van der Waals surface area contributed by atoms with E-state index in [-0.39, 0.29) is 13.2 Å². The standard InChI is InChI=1S/C12H16ClNO5S/c1-18-8-11(9-20(13,16)17)14-12(15)19-7-10-5-3-2-4-6-10/h2-6,11H,7-9H2,1H3,(H,14,15). The average molecular weight is 322 g/mol. The molecule has 1 aromatic rings. The summed E-state index contributed by atoms with van der Waals surface area (Å²) in [6.07, 6.45) is -0.726. The molecule has 0 bridgehead atoms. The minimum Gasteiger partial charge on any atom is -0.445 e. The molecule has 0 aliphatic rings. The molecule has 1 rings (SSSR count). The molecule has 1 unspecified atom stereocenters. The van der Waals surface area contributed by atoms with E-state index in [0.29, 0.717) is 0 Å². The topological polar surface area (TPSA) is 81.7 Å². The summed E-state index contributed by atoms with van der Waals surface area (Å²) < 4.78 is 31.8. The van der Waals surface area contributed by atoms with E-state index in [4.69, 9.17) is 20.2 Å². The Kier molecular flexibility index (Phi) is 6.77. The highest BCUT2D eigenvalue weighted by Gasteiger charge is 2.19. The summed E-state index contributed by atoms with van der Waals surface area (Å²) in [4.78, 5) is 11.6. The van der Waals surface area contributed by atoms with E-state index in [1.165, 1.54) is 7.11 Å². The van der Waals surface area contributed by atoms with Crippen molar-refractivity contribution in [3.63, 3.8) is 0 Å². The molecule has 0 saturated heterocycles. The lowest BCUT2D eigenvalue weighted by molar-refractivity contribution is 0.124. The number of rotatable bonds is 7. The first-order valence-corrected chi connectivity index (χ1v) is 8.27. The first-order valence-electron chi connectivity index (χ1n) is 5.79. The monoisotopic (exact) mass is 321 g/mol. The molecule has 0 aromatic heterocycles. The number of ether oxygens (including phenoxy) is 2. The molecule has 20 heavy (non-hydrogen) atoms. The summed E-state index contributed by atoms with van der Waals surface area (Å²) in [5.41, 5.74) is 0.830. The summed E-state index contributed by atoms with van der Waals surface area (Å²) >= 11 is 0. The Morgan fingerprint density at radius 1 is 1.35 bits per heavy atom. The van der Waals surface area contributed by atoms with Crippen molar-refractivity contribution < 1.29 is 22.7 Å². The SMILES string of the molecule is COCC(CS(=O)(=O)Cl)NC(=O)OCc1ccccc1. The van der Waals surface area contributed by atoms with Gasteiger partial charge in [-0.1, -0.05) is 30.3 Å². The van der Waals surface area contributed by atoms with Gasteiger partial charge < -0.3 is 14.8 Å². The highest BCUT2D eigenvalue weighted by Crippen LogP contribution is 2.03. The third kappa shape index (κ3) is 7.32. The molecule has 1 amide bonds. The largest absolute Gasteiger partial charge is 0.445 e. The lowest BCUT2D eigenvalue weighted by Crippen LogP contribution is -2.42. The fourth-order valence-corrected chi connectivity index (χ4v) is 2.62. The zero-order valence-electron chi connectivity index (χ0n) is 10.9. The van der Waals surface area contributed by atoms with Gasteiger partial charge in [0.25, 0.3) is 0 Å². The Labute approximate surface area is 122 Å². The Morgan fingerprint density at radius 3 is 2.55 bits per heavy atom. The fourth-order valence-electron chi connectivity index (χ4n) is 1.50. The summed E-state index contributed by atoms with van der Waals surface area (Å²) in [6.45, 7) is 0.117. The Balaban J connectivity index is 2.45. The summed E-state index contributed by atoms with van der Waals surface area (Å²) in [5.74, 6) is -0.428. The lowest BCUT2D eigenvalue weighted by atomic mass is 10.2. The molecule has 0 aliphatic heterocycles. The van der Waals surface area contributed by atoms with Crippen molar-refractivity contribution in [3.8, 4) is 0 Å². The summed E-state index contributed by atoms with van der Waals surface area (Å²) in [7, 11) is 2.80. The second-order valence-electron chi connectivity index (χ2n) is 4.06. The maximum atomic E-state index is 11.6. The van der Waals surface area contributed by atoms with Crippen LogP contribution >= 0.6 is 10.7 Å². The molecule has 0 fully saturated rings. The predicted octanol–water partition coefficient (Wildman–Crippen LogP) is 1.50. The number of methoxy groups -OCH3 is 1. The minimum absolute atomic E-state index is 0.0202. The van der Waals surface area contributed by atoms with Crippen molar-refractivity contribution in [2.24, 2.45) is 0 Å². The number of hydrogen-bond acceptors (Lipinski definition) is 5. The van der Waals surface area contributed by atoms with E-state index in [2.05, 4.69) is 5.32 Å². The minimum atomic E-state index is -3.74. The number of nitrogens with one attached hydrogen (secondary N) is 1. The average Bonchev–Trinajstić information content (AvgIpc) is 2.36. The molecule has 6 nitrogen and oxygen atoms in total. The molecule has 0 spiro atoms. The third-order valence-corrected chi connectivity index (χ3v) is 3.48. The van der Waals surface area contributed by atoms with Crippen molar-refractivity contribution in [2.75, 3.05) is 19.5 Å². The van der Waals surface area contributed by atoms with Crippen LogP contribution in [0, 0.1) is 0 Å². The van der Waals surface area contributed by atoms with Crippen molar-refractivity contribution in [2.45, 2.75) is 12.6 Å². The molecule has 1 aromatic carbocycles. The van der Waals surface area contributed by atoms with Crippen LogP contribution in [0.1, 0.15) is 5.56 Å². The van der Waals surface area contributed by atoms with Gasteiger partial charge >= 0.3 is 6.09 Å². The number of amides is 1. The fraction of sp³-hybridized carbons (Fsp3) is 0.417. The quantitative estimate of drug-likeness (QED) is 0.770. The van der Waals surface area contributed by atoms with Crippen LogP contribution in [0.25, 0.3) is 0 Å². The van der Waals surface area contributed by atoms with E-state index in [1.54, 1.807) is 0 Å². The zero-order valence-corrected chi connectivity index (χ0v) is 12.5. The van der Waals surface area contributed by atoms with Gasteiger partial charge in [0.1, 0.15) is 6.61 Å². The van der Waals surface area contributed by atoms with Gasteiger partial charge in [-0.15, -0.1) is 0 Å². The number of benzene rings is 1. The van der Waals surface area contributed by atoms with Gasteiger partial charge in [-0.05, 0) is 5.56 Å². The normalized spacial score (nSPS) is 12.7. The molecule has 0 saturated carbocycles. The molecule has 1 atom stereocenters. The molecule has 112 valence electrons. The van der Waals surface area contributed by atoms with E-state index in [1.807, 2.05) is 30.3 Å². The summed E-state index contributed by atoms with van der Waals surface area (Å²) in [6, 6.07) is 8.36.